The van der Waals surface area contributed by atoms with Crippen molar-refractivity contribution in [3.05, 3.63) is 82.4 Å². The van der Waals surface area contributed by atoms with E-state index in [4.69, 9.17) is 0 Å². The average Bonchev–Trinajstić information content (AvgIpc) is 2.68. The predicted octanol–water partition coefficient (Wildman–Crippen LogP) is 3.27. The Morgan fingerprint density at radius 3 is 2.10 bits per heavy atom. The molecule has 0 bridgehead atoms. The quantitative estimate of drug-likeness (QED) is 0.465. The lowest BCUT2D eigenvalue weighted by Crippen LogP contribution is -2.22. The highest BCUT2D eigenvalue weighted by Gasteiger charge is 2.22. The third-order valence-corrected chi connectivity index (χ3v) is 5.19. The molecule has 0 saturated carbocycles. The maximum atomic E-state index is 14.4. The fourth-order valence-corrected chi connectivity index (χ4v) is 3.52. The SMILES string of the molecule is CS(=O)(=O)c1nc(-c2ccc(F)cc2)c2ccc(=O)n(-c3c(F)cccc3F)c2n1. The van der Waals surface area contributed by atoms with Crippen LogP contribution in [0, 0.1) is 17.5 Å². The van der Waals surface area contributed by atoms with E-state index in [2.05, 4.69) is 9.97 Å². The van der Waals surface area contributed by atoms with Gasteiger partial charge < -0.3 is 0 Å². The number of rotatable bonds is 3. The van der Waals surface area contributed by atoms with Crippen LogP contribution in [0.2, 0.25) is 0 Å². The maximum Gasteiger partial charge on any atom is 0.256 e. The molecule has 10 heteroatoms. The summed E-state index contributed by atoms with van der Waals surface area (Å²) in [5.41, 5.74) is -1.44. The number of hydrogen-bond donors (Lipinski definition) is 0. The second kappa shape index (κ2) is 7.06. The van der Waals surface area contributed by atoms with E-state index in [0.717, 1.165) is 42.7 Å². The highest BCUT2D eigenvalue weighted by molar-refractivity contribution is 7.90. The summed E-state index contributed by atoms with van der Waals surface area (Å²) in [7, 11) is -3.96. The zero-order chi connectivity index (χ0) is 21.6. The first-order valence-corrected chi connectivity index (χ1v) is 10.4. The molecule has 0 fully saturated rings. The molecule has 0 unspecified atom stereocenters. The Labute approximate surface area is 168 Å². The third-order valence-electron chi connectivity index (χ3n) is 4.34. The van der Waals surface area contributed by atoms with E-state index in [1.54, 1.807) is 0 Å². The van der Waals surface area contributed by atoms with Crippen molar-refractivity contribution in [2.75, 3.05) is 6.26 Å². The van der Waals surface area contributed by atoms with Crippen molar-refractivity contribution < 1.29 is 21.6 Å². The number of benzene rings is 2. The van der Waals surface area contributed by atoms with E-state index in [1.165, 1.54) is 18.2 Å². The van der Waals surface area contributed by atoms with E-state index < -0.39 is 43.7 Å². The minimum absolute atomic E-state index is 0.0610. The number of para-hydroxylation sites is 1. The van der Waals surface area contributed by atoms with Gasteiger partial charge in [-0.1, -0.05) is 6.07 Å². The van der Waals surface area contributed by atoms with Crippen molar-refractivity contribution in [2.45, 2.75) is 5.16 Å². The molecule has 2 heterocycles. The number of sulfone groups is 1. The van der Waals surface area contributed by atoms with Gasteiger partial charge in [0.25, 0.3) is 5.56 Å². The molecule has 152 valence electrons. The molecule has 6 nitrogen and oxygen atoms in total. The van der Waals surface area contributed by atoms with E-state index >= 15 is 0 Å². The fraction of sp³-hybridized carbons (Fsp3) is 0.0500. The van der Waals surface area contributed by atoms with Crippen LogP contribution in [0.1, 0.15) is 0 Å². The summed E-state index contributed by atoms with van der Waals surface area (Å²) >= 11 is 0. The molecule has 4 aromatic rings. The molecular formula is C20H12F3N3O3S. The lowest BCUT2D eigenvalue weighted by molar-refractivity contribution is 0.568. The van der Waals surface area contributed by atoms with Crippen LogP contribution in [-0.4, -0.2) is 29.2 Å². The number of halogens is 3. The third kappa shape index (κ3) is 3.35. The highest BCUT2D eigenvalue weighted by atomic mass is 32.2. The molecule has 0 atom stereocenters. The van der Waals surface area contributed by atoms with Crippen LogP contribution < -0.4 is 5.56 Å². The zero-order valence-electron chi connectivity index (χ0n) is 15.3. The molecule has 0 saturated heterocycles. The molecule has 0 spiro atoms. The highest BCUT2D eigenvalue weighted by Crippen LogP contribution is 2.29. The number of aromatic nitrogens is 3. The molecule has 2 aromatic heterocycles. The van der Waals surface area contributed by atoms with Crippen LogP contribution >= 0.6 is 0 Å². The molecule has 2 aromatic carbocycles. The summed E-state index contributed by atoms with van der Waals surface area (Å²) in [6.07, 6.45) is 0.859. The first kappa shape index (κ1) is 19.8. The van der Waals surface area contributed by atoms with E-state index in [9.17, 15) is 26.4 Å². The van der Waals surface area contributed by atoms with Crippen LogP contribution in [0.4, 0.5) is 13.2 Å². The maximum absolute atomic E-state index is 14.4. The van der Waals surface area contributed by atoms with Crippen LogP contribution in [0.3, 0.4) is 0 Å². The number of hydrogen-bond acceptors (Lipinski definition) is 5. The van der Waals surface area contributed by atoms with Gasteiger partial charge in [-0.25, -0.2) is 26.6 Å². The van der Waals surface area contributed by atoms with Crippen LogP contribution in [0.15, 0.2) is 64.5 Å². The summed E-state index contributed by atoms with van der Waals surface area (Å²) in [6, 6.07) is 10.5. The second-order valence-electron chi connectivity index (χ2n) is 6.45. The van der Waals surface area contributed by atoms with Gasteiger partial charge >= 0.3 is 0 Å². The minimum Gasteiger partial charge on any atom is -0.269 e. The molecule has 0 aliphatic heterocycles. The van der Waals surface area contributed by atoms with Crippen molar-refractivity contribution in [3.8, 4) is 16.9 Å². The topological polar surface area (TPSA) is 81.9 Å². The molecule has 0 N–H and O–H groups in total. The first-order chi connectivity index (χ1) is 14.2. The van der Waals surface area contributed by atoms with Crippen molar-refractivity contribution in [3.63, 3.8) is 0 Å². The van der Waals surface area contributed by atoms with E-state index in [0.29, 0.717) is 10.1 Å². The van der Waals surface area contributed by atoms with Gasteiger partial charge in [-0.15, -0.1) is 0 Å². The summed E-state index contributed by atoms with van der Waals surface area (Å²) in [4.78, 5) is 20.5. The average molecular weight is 431 g/mol. The van der Waals surface area contributed by atoms with Gasteiger partial charge in [0.15, 0.2) is 5.65 Å². The Kier molecular flexibility index (Phi) is 4.65. The molecule has 0 radical (unpaired) electrons. The van der Waals surface area contributed by atoms with Crippen molar-refractivity contribution >= 4 is 20.9 Å². The second-order valence-corrected chi connectivity index (χ2v) is 8.36. The first-order valence-electron chi connectivity index (χ1n) is 8.51. The Hall–Kier alpha value is -3.53. The molecule has 0 aliphatic rings. The van der Waals surface area contributed by atoms with Crippen molar-refractivity contribution in [1.29, 1.82) is 0 Å². The summed E-state index contributed by atoms with van der Waals surface area (Å²) in [6.45, 7) is 0. The lowest BCUT2D eigenvalue weighted by atomic mass is 10.1. The number of pyridine rings is 1. The van der Waals surface area contributed by atoms with Crippen molar-refractivity contribution in [1.82, 2.24) is 14.5 Å². The summed E-state index contributed by atoms with van der Waals surface area (Å²) in [5, 5.41) is -0.498. The van der Waals surface area contributed by atoms with Gasteiger partial charge in [0, 0.05) is 23.3 Å². The van der Waals surface area contributed by atoms with Gasteiger partial charge in [-0.2, -0.15) is 4.98 Å². The Morgan fingerprint density at radius 1 is 0.867 bits per heavy atom. The summed E-state index contributed by atoms with van der Waals surface area (Å²) < 4.78 is 67.2. The van der Waals surface area contributed by atoms with E-state index in [-0.39, 0.29) is 16.7 Å². The molecule has 0 amide bonds. The standard InChI is InChI=1S/C20H12F3N3O3S/c1-30(28,29)20-24-17(11-5-7-12(21)8-6-11)13-9-10-16(27)26(19(13)25-20)18-14(22)3-2-4-15(18)23/h2-10H,1H3. The predicted molar refractivity (Wildman–Crippen MR) is 104 cm³/mol. The zero-order valence-corrected chi connectivity index (χ0v) is 16.1. The smallest absolute Gasteiger partial charge is 0.256 e. The van der Waals surface area contributed by atoms with Gasteiger partial charge in [0.05, 0.1) is 5.69 Å². The van der Waals surface area contributed by atoms with Gasteiger partial charge in [-0.05, 0) is 42.5 Å². The van der Waals surface area contributed by atoms with Crippen LogP contribution in [-0.2, 0) is 9.84 Å². The normalized spacial score (nSPS) is 11.7. The monoisotopic (exact) mass is 431 g/mol. The Bertz CT molecular complexity index is 1450. The molecular weight excluding hydrogens is 419 g/mol. The van der Waals surface area contributed by atoms with Gasteiger partial charge in [0.1, 0.15) is 23.1 Å². The molecule has 4 rings (SSSR count). The van der Waals surface area contributed by atoms with Crippen LogP contribution in [0.25, 0.3) is 28.0 Å². The van der Waals surface area contributed by atoms with Gasteiger partial charge in [0.2, 0.25) is 15.0 Å². The summed E-state index contributed by atoms with van der Waals surface area (Å²) in [5.74, 6) is -2.59. The molecule has 30 heavy (non-hydrogen) atoms. The van der Waals surface area contributed by atoms with Crippen molar-refractivity contribution in [2.24, 2.45) is 0 Å². The van der Waals surface area contributed by atoms with E-state index in [1.807, 2.05) is 0 Å². The fourth-order valence-electron chi connectivity index (χ4n) is 3.01. The minimum atomic E-state index is -3.96. The molecule has 0 aliphatic carbocycles. The largest absolute Gasteiger partial charge is 0.269 e. The number of nitrogens with zero attached hydrogens (tertiary/aromatic N) is 3. The van der Waals surface area contributed by atoms with Crippen LogP contribution in [0.5, 0.6) is 0 Å². The van der Waals surface area contributed by atoms with Gasteiger partial charge in [-0.3, -0.25) is 9.36 Å². The lowest BCUT2D eigenvalue weighted by Gasteiger charge is -2.14. The Morgan fingerprint density at radius 2 is 1.50 bits per heavy atom. The number of fused-ring (bicyclic) bond motifs is 1. The Balaban J connectivity index is 2.20.